The van der Waals surface area contributed by atoms with Gasteiger partial charge < -0.3 is 0 Å². The third-order valence-electron chi connectivity index (χ3n) is 2.23. The van der Waals surface area contributed by atoms with E-state index in [4.69, 9.17) is 0 Å². The molecular formula is C13H12S. The van der Waals surface area contributed by atoms with Crippen molar-refractivity contribution in [1.29, 1.82) is 0 Å². The number of benzene rings is 2. The van der Waals surface area contributed by atoms with Crippen molar-refractivity contribution in [2.75, 3.05) is 0 Å². The van der Waals surface area contributed by atoms with Crippen molar-refractivity contribution >= 4 is 12.6 Å². The van der Waals surface area contributed by atoms with Gasteiger partial charge in [0.15, 0.2) is 0 Å². The largest absolute Gasteiger partial charge is 0.143 e. The maximum atomic E-state index is 4.44. The van der Waals surface area contributed by atoms with Crippen molar-refractivity contribution in [2.24, 2.45) is 0 Å². The number of aryl methyl sites for hydroxylation is 1. The second kappa shape index (κ2) is 3.89. The Hall–Kier alpha value is -1.21. The molecule has 0 radical (unpaired) electrons. The third kappa shape index (κ3) is 1.83. The van der Waals surface area contributed by atoms with Crippen LogP contribution in [0.5, 0.6) is 0 Å². The molecule has 2 rings (SSSR count). The first kappa shape index (κ1) is 9.35. The molecule has 0 N–H and O–H groups in total. The minimum absolute atomic E-state index is 1.03. The van der Waals surface area contributed by atoms with Crippen LogP contribution >= 0.6 is 12.6 Å². The van der Waals surface area contributed by atoms with E-state index in [0.29, 0.717) is 0 Å². The molecule has 0 saturated heterocycles. The minimum Gasteiger partial charge on any atom is -0.143 e. The van der Waals surface area contributed by atoms with Gasteiger partial charge in [-0.15, -0.1) is 12.6 Å². The second-order valence-electron chi connectivity index (χ2n) is 3.39. The van der Waals surface area contributed by atoms with Gasteiger partial charge in [0.2, 0.25) is 0 Å². The van der Waals surface area contributed by atoms with E-state index in [-0.39, 0.29) is 0 Å². The molecule has 0 bridgehead atoms. The molecule has 0 aliphatic carbocycles. The predicted octanol–water partition coefficient (Wildman–Crippen LogP) is 3.95. The van der Waals surface area contributed by atoms with E-state index in [1.165, 1.54) is 16.7 Å². The molecule has 0 amide bonds. The zero-order chi connectivity index (χ0) is 9.97. The van der Waals surface area contributed by atoms with Crippen LogP contribution in [0.4, 0.5) is 0 Å². The molecule has 0 aliphatic rings. The molecule has 70 valence electrons. The standard InChI is InChI=1S/C13H12S/c1-10-5-4-6-11(9-10)12-7-2-3-8-13(12)14/h2-9,14H,1H3. The van der Waals surface area contributed by atoms with Crippen LogP contribution < -0.4 is 0 Å². The van der Waals surface area contributed by atoms with Crippen LogP contribution in [0.2, 0.25) is 0 Å². The van der Waals surface area contributed by atoms with Crippen molar-refractivity contribution in [3.05, 3.63) is 54.1 Å². The summed E-state index contributed by atoms with van der Waals surface area (Å²) in [7, 11) is 0. The van der Waals surface area contributed by atoms with Crippen molar-refractivity contribution in [1.82, 2.24) is 0 Å². The van der Waals surface area contributed by atoms with Gasteiger partial charge in [0.25, 0.3) is 0 Å². The summed E-state index contributed by atoms with van der Waals surface area (Å²) in [6.45, 7) is 2.10. The van der Waals surface area contributed by atoms with E-state index in [0.717, 1.165) is 4.90 Å². The van der Waals surface area contributed by atoms with Crippen LogP contribution in [0.15, 0.2) is 53.4 Å². The Balaban J connectivity index is 2.55. The third-order valence-corrected chi connectivity index (χ3v) is 2.62. The first-order chi connectivity index (χ1) is 6.77. The van der Waals surface area contributed by atoms with Gasteiger partial charge in [-0.05, 0) is 24.1 Å². The molecule has 0 atom stereocenters. The van der Waals surface area contributed by atoms with Gasteiger partial charge in [0.1, 0.15) is 0 Å². The summed E-state index contributed by atoms with van der Waals surface area (Å²) in [5.74, 6) is 0. The fourth-order valence-electron chi connectivity index (χ4n) is 1.53. The summed E-state index contributed by atoms with van der Waals surface area (Å²) in [5, 5.41) is 0. The van der Waals surface area contributed by atoms with E-state index in [2.05, 4.69) is 49.9 Å². The molecular weight excluding hydrogens is 188 g/mol. The smallest absolute Gasteiger partial charge is 0.0119 e. The van der Waals surface area contributed by atoms with Crippen LogP contribution in [0.3, 0.4) is 0 Å². The average molecular weight is 200 g/mol. The summed E-state index contributed by atoms with van der Waals surface area (Å²) in [4.78, 5) is 1.03. The fraction of sp³-hybridized carbons (Fsp3) is 0.0769. The molecule has 0 unspecified atom stereocenters. The highest BCUT2D eigenvalue weighted by Crippen LogP contribution is 2.26. The Morgan fingerprint density at radius 2 is 1.71 bits per heavy atom. The molecule has 2 aromatic rings. The molecule has 0 fully saturated rings. The lowest BCUT2D eigenvalue weighted by molar-refractivity contribution is 1.42. The lowest BCUT2D eigenvalue weighted by atomic mass is 10.0. The normalized spacial score (nSPS) is 10.1. The molecule has 0 aliphatic heterocycles. The summed E-state index contributed by atoms with van der Waals surface area (Å²) in [5.41, 5.74) is 3.70. The van der Waals surface area contributed by atoms with Gasteiger partial charge in [0.05, 0.1) is 0 Å². The SMILES string of the molecule is Cc1cccc(-c2ccccc2S)c1. The van der Waals surface area contributed by atoms with E-state index >= 15 is 0 Å². The van der Waals surface area contributed by atoms with Gasteiger partial charge in [-0.25, -0.2) is 0 Å². The molecule has 2 aromatic carbocycles. The van der Waals surface area contributed by atoms with E-state index < -0.39 is 0 Å². The highest BCUT2D eigenvalue weighted by Gasteiger charge is 2.00. The van der Waals surface area contributed by atoms with E-state index in [1.54, 1.807) is 0 Å². The van der Waals surface area contributed by atoms with Crippen LogP contribution in [-0.4, -0.2) is 0 Å². The number of thiol groups is 1. The maximum absolute atomic E-state index is 4.44. The van der Waals surface area contributed by atoms with Crippen molar-refractivity contribution in [3.63, 3.8) is 0 Å². The molecule has 0 heterocycles. The zero-order valence-corrected chi connectivity index (χ0v) is 8.96. The number of hydrogen-bond acceptors (Lipinski definition) is 1. The molecule has 1 heteroatoms. The van der Waals surface area contributed by atoms with Crippen molar-refractivity contribution in [3.8, 4) is 11.1 Å². The number of hydrogen-bond donors (Lipinski definition) is 1. The number of rotatable bonds is 1. The molecule has 0 spiro atoms. The predicted molar refractivity (Wildman–Crippen MR) is 63.9 cm³/mol. The minimum atomic E-state index is 1.03. The van der Waals surface area contributed by atoms with Crippen LogP contribution in [0, 0.1) is 6.92 Å². The Labute approximate surface area is 90.0 Å². The van der Waals surface area contributed by atoms with Gasteiger partial charge in [-0.3, -0.25) is 0 Å². The highest BCUT2D eigenvalue weighted by molar-refractivity contribution is 7.80. The zero-order valence-electron chi connectivity index (χ0n) is 8.07. The quantitative estimate of drug-likeness (QED) is 0.662. The highest BCUT2D eigenvalue weighted by atomic mass is 32.1. The van der Waals surface area contributed by atoms with E-state index in [1.807, 2.05) is 18.2 Å². The monoisotopic (exact) mass is 200 g/mol. The lowest BCUT2D eigenvalue weighted by Crippen LogP contribution is -1.80. The Kier molecular flexibility index (Phi) is 2.60. The topological polar surface area (TPSA) is 0 Å². The Bertz CT molecular complexity index is 446. The second-order valence-corrected chi connectivity index (χ2v) is 3.87. The summed E-state index contributed by atoms with van der Waals surface area (Å²) >= 11 is 4.44. The molecule has 0 saturated carbocycles. The van der Waals surface area contributed by atoms with E-state index in [9.17, 15) is 0 Å². The Morgan fingerprint density at radius 1 is 0.929 bits per heavy atom. The van der Waals surface area contributed by atoms with Crippen LogP contribution in [-0.2, 0) is 0 Å². The van der Waals surface area contributed by atoms with Gasteiger partial charge >= 0.3 is 0 Å². The maximum Gasteiger partial charge on any atom is 0.0119 e. The van der Waals surface area contributed by atoms with Gasteiger partial charge in [-0.1, -0.05) is 48.0 Å². The molecule has 0 nitrogen and oxygen atoms in total. The first-order valence-corrected chi connectivity index (χ1v) is 5.07. The average Bonchev–Trinajstić information content (AvgIpc) is 2.18. The summed E-state index contributed by atoms with van der Waals surface area (Å²) in [6.07, 6.45) is 0. The molecule has 0 aromatic heterocycles. The van der Waals surface area contributed by atoms with Gasteiger partial charge in [-0.2, -0.15) is 0 Å². The first-order valence-electron chi connectivity index (χ1n) is 4.62. The van der Waals surface area contributed by atoms with Crippen molar-refractivity contribution in [2.45, 2.75) is 11.8 Å². The Morgan fingerprint density at radius 3 is 2.43 bits per heavy atom. The van der Waals surface area contributed by atoms with Gasteiger partial charge in [0, 0.05) is 4.90 Å². The van der Waals surface area contributed by atoms with Crippen molar-refractivity contribution < 1.29 is 0 Å². The van der Waals surface area contributed by atoms with Crippen LogP contribution in [0.1, 0.15) is 5.56 Å². The summed E-state index contributed by atoms with van der Waals surface area (Å²) < 4.78 is 0. The summed E-state index contributed by atoms with van der Waals surface area (Å²) in [6, 6.07) is 16.6. The van der Waals surface area contributed by atoms with Crippen LogP contribution in [0.25, 0.3) is 11.1 Å². The fourth-order valence-corrected chi connectivity index (χ4v) is 1.82. The molecule has 14 heavy (non-hydrogen) atoms. The lowest BCUT2D eigenvalue weighted by Gasteiger charge is -2.05.